The predicted molar refractivity (Wildman–Crippen MR) is 139 cm³/mol. The van der Waals surface area contributed by atoms with E-state index in [0.717, 1.165) is 14.9 Å². The van der Waals surface area contributed by atoms with Crippen LogP contribution in [0.15, 0.2) is 70.7 Å². The fourth-order valence-corrected chi connectivity index (χ4v) is 4.40. The molecule has 0 saturated carbocycles. The topological polar surface area (TPSA) is 75.7 Å². The molecule has 0 aliphatic carbocycles. The van der Waals surface area contributed by atoms with Crippen molar-refractivity contribution in [3.05, 3.63) is 98.5 Å². The minimum Gasteiger partial charge on any atom is -0.494 e. The maximum Gasteiger partial charge on any atom is 0.335 e. The molecule has 3 aromatic carbocycles. The third-order valence-corrected chi connectivity index (χ3v) is 6.09. The van der Waals surface area contributed by atoms with Crippen LogP contribution in [0.4, 0.5) is 10.5 Å². The zero-order chi connectivity index (χ0) is 25.1. The third kappa shape index (κ3) is 5.52. The fraction of sp³-hybridized carbons (Fsp3) is 0.179. The van der Waals surface area contributed by atoms with Crippen LogP contribution < -0.4 is 15.0 Å². The van der Waals surface area contributed by atoms with Crippen LogP contribution >= 0.6 is 15.9 Å². The van der Waals surface area contributed by atoms with E-state index >= 15 is 0 Å². The van der Waals surface area contributed by atoms with Crippen molar-refractivity contribution in [2.75, 3.05) is 11.5 Å². The summed E-state index contributed by atoms with van der Waals surface area (Å²) < 4.78 is 6.70. The predicted octanol–water partition coefficient (Wildman–Crippen LogP) is 5.72. The molecule has 0 bridgehead atoms. The fourth-order valence-electron chi connectivity index (χ4n) is 4.14. The van der Waals surface area contributed by atoms with Crippen molar-refractivity contribution < 1.29 is 19.1 Å². The average Bonchev–Trinajstić information content (AvgIpc) is 2.79. The summed E-state index contributed by atoms with van der Waals surface area (Å²) in [5, 5.41) is 2.25. The van der Waals surface area contributed by atoms with Crippen LogP contribution in [0.1, 0.15) is 34.7 Å². The van der Waals surface area contributed by atoms with Gasteiger partial charge in [0, 0.05) is 10.9 Å². The Kier molecular flexibility index (Phi) is 7.17. The highest BCUT2D eigenvalue weighted by atomic mass is 79.9. The Morgan fingerprint density at radius 3 is 2.29 bits per heavy atom. The van der Waals surface area contributed by atoms with Crippen molar-refractivity contribution >= 4 is 45.5 Å². The second-order valence-electron chi connectivity index (χ2n) is 8.41. The number of amides is 4. The number of benzene rings is 3. The van der Waals surface area contributed by atoms with Gasteiger partial charge in [-0.2, -0.15) is 0 Å². The molecule has 0 atom stereocenters. The third-order valence-electron chi connectivity index (χ3n) is 5.56. The zero-order valence-electron chi connectivity index (χ0n) is 19.7. The van der Waals surface area contributed by atoms with E-state index in [-0.39, 0.29) is 5.57 Å². The van der Waals surface area contributed by atoms with E-state index in [2.05, 4.69) is 53.3 Å². The van der Waals surface area contributed by atoms with Crippen molar-refractivity contribution in [2.24, 2.45) is 0 Å². The van der Waals surface area contributed by atoms with Crippen LogP contribution in [-0.4, -0.2) is 24.5 Å². The van der Waals surface area contributed by atoms with Crippen LogP contribution in [0.3, 0.4) is 0 Å². The number of rotatable bonds is 6. The molecule has 1 fully saturated rings. The highest BCUT2D eigenvalue weighted by Crippen LogP contribution is 2.28. The molecule has 1 saturated heterocycles. The molecule has 3 aromatic rings. The van der Waals surface area contributed by atoms with Crippen LogP contribution in [0.2, 0.25) is 0 Å². The van der Waals surface area contributed by atoms with E-state index in [1.807, 2.05) is 25.1 Å². The van der Waals surface area contributed by atoms with Gasteiger partial charge in [0.05, 0.1) is 12.3 Å². The van der Waals surface area contributed by atoms with E-state index < -0.39 is 17.8 Å². The lowest BCUT2D eigenvalue weighted by atomic mass is 9.98. The number of hydrogen-bond acceptors (Lipinski definition) is 4. The van der Waals surface area contributed by atoms with Gasteiger partial charge in [0.25, 0.3) is 11.8 Å². The minimum absolute atomic E-state index is 0.128. The van der Waals surface area contributed by atoms with Crippen molar-refractivity contribution in [3.8, 4) is 5.75 Å². The van der Waals surface area contributed by atoms with E-state index in [4.69, 9.17) is 4.74 Å². The molecule has 1 heterocycles. The lowest BCUT2D eigenvalue weighted by Crippen LogP contribution is -2.54. The molecule has 1 aliphatic heterocycles. The van der Waals surface area contributed by atoms with Crippen LogP contribution in [0, 0.1) is 13.8 Å². The number of aryl methyl sites for hydroxylation is 2. The second-order valence-corrected chi connectivity index (χ2v) is 9.32. The number of carbonyl (C=O) groups is 3. The van der Waals surface area contributed by atoms with Crippen molar-refractivity contribution in [3.63, 3.8) is 0 Å². The first kappa shape index (κ1) is 24.4. The maximum absolute atomic E-state index is 13.2. The average molecular weight is 533 g/mol. The van der Waals surface area contributed by atoms with Crippen molar-refractivity contribution in [1.82, 2.24) is 5.32 Å². The van der Waals surface area contributed by atoms with Gasteiger partial charge in [-0.05, 0) is 73.9 Å². The van der Waals surface area contributed by atoms with Gasteiger partial charge >= 0.3 is 6.03 Å². The first-order chi connectivity index (χ1) is 16.7. The van der Waals surface area contributed by atoms with Crippen molar-refractivity contribution in [1.29, 1.82) is 0 Å². The molecule has 7 heteroatoms. The molecule has 0 spiro atoms. The Bertz CT molecular complexity index is 1330. The van der Waals surface area contributed by atoms with E-state index in [0.29, 0.717) is 30.0 Å². The maximum atomic E-state index is 13.2. The van der Waals surface area contributed by atoms with E-state index in [1.165, 1.54) is 22.8 Å². The largest absolute Gasteiger partial charge is 0.494 e. The number of barbiturate groups is 1. The summed E-state index contributed by atoms with van der Waals surface area (Å²) in [6.07, 6.45) is 2.18. The normalized spacial score (nSPS) is 14.9. The Hall–Kier alpha value is -3.71. The molecule has 0 unspecified atom stereocenters. The Balaban J connectivity index is 1.67. The summed E-state index contributed by atoms with van der Waals surface area (Å²) in [6, 6.07) is 18.0. The first-order valence-electron chi connectivity index (χ1n) is 11.2. The monoisotopic (exact) mass is 532 g/mol. The molecule has 0 aromatic heterocycles. The highest BCUT2D eigenvalue weighted by molar-refractivity contribution is 9.10. The number of anilines is 1. The number of halogens is 1. The van der Waals surface area contributed by atoms with Gasteiger partial charge in [0.15, 0.2) is 0 Å². The van der Waals surface area contributed by atoms with Gasteiger partial charge < -0.3 is 4.74 Å². The van der Waals surface area contributed by atoms with Crippen LogP contribution in [-0.2, 0) is 16.0 Å². The Morgan fingerprint density at radius 2 is 1.63 bits per heavy atom. The number of nitrogens with zero attached hydrogens (tertiary/aromatic N) is 1. The molecule has 4 rings (SSSR count). The van der Waals surface area contributed by atoms with Gasteiger partial charge in [0.2, 0.25) is 0 Å². The summed E-state index contributed by atoms with van der Waals surface area (Å²) in [7, 11) is 0. The van der Waals surface area contributed by atoms with Gasteiger partial charge in [-0.25, -0.2) is 9.69 Å². The molecule has 4 amide bonds. The van der Waals surface area contributed by atoms with Crippen molar-refractivity contribution in [2.45, 2.75) is 27.2 Å². The number of imide groups is 2. The van der Waals surface area contributed by atoms with Gasteiger partial charge in [-0.3, -0.25) is 14.9 Å². The standard InChI is InChI=1S/C28H25BrN2O4/c1-4-35-25-16-19(5-6-21(25)14-20-12-17(2)11-18(3)13-20)15-24-26(32)30-28(34)31(27(24)33)23-9-7-22(29)8-10-23/h5-13,15-16H,4,14H2,1-3H3,(H,30,32,34)/b24-15+. The van der Waals surface area contributed by atoms with Gasteiger partial charge in [0.1, 0.15) is 11.3 Å². The summed E-state index contributed by atoms with van der Waals surface area (Å²) in [6.45, 7) is 6.53. The van der Waals surface area contributed by atoms with Gasteiger partial charge in [-0.1, -0.05) is 57.4 Å². The molecular formula is C28H25BrN2O4. The van der Waals surface area contributed by atoms with E-state index in [1.54, 1.807) is 24.3 Å². The molecular weight excluding hydrogens is 508 g/mol. The summed E-state index contributed by atoms with van der Waals surface area (Å²) in [5.74, 6) is -0.727. The molecule has 35 heavy (non-hydrogen) atoms. The smallest absolute Gasteiger partial charge is 0.335 e. The SMILES string of the molecule is CCOc1cc(/C=C2\C(=O)NC(=O)N(c3ccc(Br)cc3)C2=O)ccc1Cc1cc(C)cc(C)c1. The second kappa shape index (κ2) is 10.3. The number of ether oxygens (including phenoxy) is 1. The molecule has 1 N–H and O–H groups in total. The molecule has 178 valence electrons. The summed E-state index contributed by atoms with van der Waals surface area (Å²) >= 11 is 3.34. The first-order valence-corrected chi connectivity index (χ1v) is 12.0. The number of nitrogens with one attached hydrogen (secondary N) is 1. The van der Waals surface area contributed by atoms with E-state index in [9.17, 15) is 14.4 Å². The van der Waals surface area contributed by atoms with Crippen LogP contribution in [0.5, 0.6) is 5.75 Å². The minimum atomic E-state index is -0.779. The Labute approximate surface area is 212 Å². The quantitative estimate of drug-likeness (QED) is 0.325. The number of urea groups is 1. The number of hydrogen-bond donors (Lipinski definition) is 1. The molecule has 1 aliphatic rings. The molecule has 6 nitrogen and oxygen atoms in total. The molecule has 0 radical (unpaired) electrons. The zero-order valence-corrected chi connectivity index (χ0v) is 21.3. The Morgan fingerprint density at radius 1 is 0.943 bits per heavy atom. The summed E-state index contributed by atoms with van der Waals surface area (Å²) in [4.78, 5) is 39.1. The van der Waals surface area contributed by atoms with Gasteiger partial charge in [-0.15, -0.1) is 0 Å². The summed E-state index contributed by atoms with van der Waals surface area (Å²) in [5.41, 5.74) is 5.45. The van der Waals surface area contributed by atoms with Crippen LogP contribution in [0.25, 0.3) is 6.08 Å². The lowest BCUT2D eigenvalue weighted by molar-refractivity contribution is -0.122. The number of carbonyl (C=O) groups excluding carboxylic acids is 3. The highest BCUT2D eigenvalue weighted by Gasteiger charge is 2.36. The lowest BCUT2D eigenvalue weighted by Gasteiger charge is -2.26.